The van der Waals surface area contributed by atoms with E-state index in [0.717, 1.165) is 17.3 Å². The number of guanidine groups is 1. The second kappa shape index (κ2) is 10.1. The lowest BCUT2D eigenvalue weighted by Gasteiger charge is -2.24. The number of anilines is 1. The van der Waals surface area contributed by atoms with Gasteiger partial charge in [0.1, 0.15) is 12.2 Å². The van der Waals surface area contributed by atoms with Gasteiger partial charge in [0.15, 0.2) is 5.96 Å². The summed E-state index contributed by atoms with van der Waals surface area (Å²) in [6.07, 6.45) is -2.94. The Morgan fingerprint density at radius 2 is 2.06 bits per heavy atom. The second-order valence-electron chi connectivity index (χ2n) is 6.89. The zero-order valence-corrected chi connectivity index (χ0v) is 17.0. The lowest BCUT2D eigenvalue weighted by atomic mass is 9.91. The van der Waals surface area contributed by atoms with E-state index in [1.165, 1.54) is 12.3 Å². The standard InChI is InChI=1S/C21H24F3N5O2/c1-2-25-20(27-10-11-31-19-16(21(22,23)24)7-5-9-26-19)28-13-14-12-18(30)29-17-8-4-3-6-15(14)17/h3-9,14H,2,10-13H2,1H3,(H,29,30)(H2,25,27,28). The fraction of sp³-hybridized carbons (Fsp3) is 0.381. The average molecular weight is 435 g/mol. The van der Waals surface area contributed by atoms with E-state index in [2.05, 4.69) is 25.9 Å². The molecule has 7 nitrogen and oxygen atoms in total. The van der Waals surface area contributed by atoms with E-state index in [1.807, 2.05) is 31.2 Å². The number of aliphatic imine (C=N–C) groups is 1. The van der Waals surface area contributed by atoms with Gasteiger partial charge in [0, 0.05) is 30.8 Å². The average Bonchev–Trinajstić information content (AvgIpc) is 2.74. The molecular formula is C21H24F3N5O2. The van der Waals surface area contributed by atoms with Crippen LogP contribution in [0.3, 0.4) is 0 Å². The summed E-state index contributed by atoms with van der Waals surface area (Å²) in [6.45, 7) is 3.09. The summed E-state index contributed by atoms with van der Waals surface area (Å²) in [7, 11) is 0. The minimum absolute atomic E-state index is 0.0286. The van der Waals surface area contributed by atoms with Gasteiger partial charge in [0.25, 0.3) is 0 Å². The lowest BCUT2D eigenvalue weighted by Crippen LogP contribution is -2.39. The minimum atomic E-state index is -4.53. The third-order valence-corrected chi connectivity index (χ3v) is 4.63. The number of carbonyl (C=O) groups is 1. The number of pyridine rings is 1. The summed E-state index contributed by atoms with van der Waals surface area (Å²) in [6, 6.07) is 9.75. The maximum atomic E-state index is 13.0. The van der Waals surface area contributed by atoms with Gasteiger partial charge < -0.3 is 20.7 Å². The molecule has 0 aliphatic carbocycles. The SMILES string of the molecule is CCNC(=NCC1CC(=O)Nc2ccccc21)NCCOc1ncccc1C(F)(F)F. The highest BCUT2D eigenvalue weighted by atomic mass is 19.4. The Morgan fingerprint density at radius 1 is 1.26 bits per heavy atom. The van der Waals surface area contributed by atoms with Gasteiger partial charge in [-0.25, -0.2) is 4.98 Å². The van der Waals surface area contributed by atoms with Crippen LogP contribution in [0.1, 0.15) is 30.4 Å². The van der Waals surface area contributed by atoms with E-state index in [1.54, 1.807) is 0 Å². The number of hydrogen-bond donors (Lipinski definition) is 3. The molecule has 2 heterocycles. The minimum Gasteiger partial charge on any atom is -0.475 e. The van der Waals surface area contributed by atoms with E-state index < -0.39 is 17.6 Å². The van der Waals surface area contributed by atoms with Crippen LogP contribution >= 0.6 is 0 Å². The van der Waals surface area contributed by atoms with Crippen molar-refractivity contribution in [3.63, 3.8) is 0 Å². The highest BCUT2D eigenvalue weighted by Gasteiger charge is 2.35. The van der Waals surface area contributed by atoms with Crippen LogP contribution in [0.4, 0.5) is 18.9 Å². The van der Waals surface area contributed by atoms with E-state index in [9.17, 15) is 18.0 Å². The van der Waals surface area contributed by atoms with E-state index >= 15 is 0 Å². The Morgan fingerprint density at radius 3 is 2.84 bits per heavy atom. The topological polar surface area (TPSA) is 87.6 Å². The maximum absolute atomic E-state index is 13.0. The molecule has 1 aromatic heterocycles. The van der Waals surface area contributed by atoms with E-state index in [0.29, 0.717) is 25.5 Å². The van der Waals surface area contributed by atoms with Crippen LogP contribution in [-0.4, -0.2) is 43.1 Å². The molecule has 0 saturated heterocycles. The van der Waals surface area contributed by atoms with Crippen molar-refractivity contribution in [1.82, 2.24) is 15.6 Å². The first-order valence-corrected chi connectivity index (χ1v) is 9.94. The van der Waals surface area contributed by atoms with Crippen LogP contribution in [0.25, 0.3) is 0 Å². The Balaban J connectivity index is 1.57. The zero-order chi connectivity index (χ0) is 22.3. The summed E-state index contributed by atoms with van der Waals surface area (Å²) >= 11 is 0. The second-order valence-corrected chi connectivity index (χ2v) is 6.89. The van der Waals surface area contributed by atoms with Crippen molar-refractivity contribution < 1.29 is 22.7 Å². The maximum Gasteiger partial charge on any atom is 0.421 e. The van der Waals surface area contributed by atoms with Gasteiger partial charge in [-0.05, 0) is 30.7 Å². The van der Waals surface area contributed by atoms with Gasteiger partial charge in [-0.2, -0.15) is 13.2 Å². The van der Waals surface area contributed by atoms with Crippen LogP contribution in [0, 0.1) is 0 Å². The lowest BCUT2D eigenvalue weighted by molar-refractivity contribution is -0.139. The van der Waals surface area contributed by atoms with Crippen molar-refractivity contribution in [3.05, 3.63) is 53.7 Å². The molecule has 1 atom stereocenters. The first kappa shape index (κ1) is 22.4. The number of rotatable bonds is 7. The molecule has 1 aliphatic heterocycles. The Labute approximate surface area is 178 Å². The summed E-state index contributed by atoms with van der Waals surface area (Å²) < 4.78 is 44.2. The number of alkyl halides is 3. The van der Waals surface area contributed by atoms with Crippen LogP contribution in [0.2, 0.25) is 0 Å². The molecule has 1 aliphatic rings. The number of nitrogens with one attached hydrogen (secondary N) is 3. The van der Waals surface area contributed by atoms with Gasteiger partial charge in [0.2, 0.25) is 11.8 Å². The van der Waals surface area contributed by atoms with Crippen molar-refractivity contribution in [2.75, 3.05) is 31.6 Å². The van der Waals surface area contributed by atoms with Crippen LogP contribution in [-0.2, 0) is 11.0 Å². The molecular weight excluding hydrogens is 411 g/mol. The number of nitrogens with zero attached hydrogens (tertiary/aromatic N) is 2. The smallest absolute Gasteiger partial charge is 0.421 e. The molecule has 0 bridgehead atoms. The third kappa shape index (κ3) is 6.09. The van der Waals surface area contributed by atoms with Gasteiger partial charge in [0.05, 0.1) is 13.1 Å². The normalized spacial score (nSPS) is 16.3. The molecule has 1 aromatic carbocycles. The molecule has 0 radical (unpaired) electrons. The number of hydrogen-bond acceptors (Lipinski definition) is 4. The molecule has 10 heteroatoms. The first-order valence-electron chi connectivity index (χ1n) is 9.94. The van der Waals surface area contributed by atoms with Gasteiger partial charge in [-0.15, -0.1) is 0 Å². The number of fused-ring (bicyclic) bond motifs is 1. The Hall–Kier alpha value is -3.30. The number of aromatic nitrogens is 1. The number of halogens is 3. The van der Waals surface area contributed by atoms with Crippen molar-refractivity contribution in [3.8, 4) is 5.88 Å². The highest BCUT2D eigenvalue weighted by molar-refractivity contribution is 5.94. The molecule has 0 saturated carbocycles. The molecule has 166 valence electrons. The molecule has 3 N–H and O–H groups in total. The number of benzene rings is 1. The summed E-state index contributed by atoms with van der Waals surface area (Å²) in [5.41, 5.74) is 0.908. The molecule has 2 aromatic rings. The van der Waals surface area contributed by atoms with Crippen molar-refractivity contribution in [1.29, 1.82) is 0 Å². The number of carbonyl (C=O) groups excluding carboxylic acids is 1. The number of amides is 1. The number of para-hydroxylation sites is 1. The molecule has 0 spiro atoms. The summed E-state index contributed by atoms with van der Waals surface area (Å²) in [5, 5.41) is 8.96. The zero-order valence-electron chi connectivity index (χ0n) is 17.0. The molecule has 1 unspecified atom stereocenters. The van der Waals surface area contributed by atoms with Crippen LogP contribution in [0.15, 0.2) is 47.6 Å². The quantitative estimate of drug-likeness (QED) is 0.353. The van der Waals surface area contributed by atoms with Gasteiger partial charge in [-0.1, -0.05) is 18.2 Å². The van der Waals surface area contributed by atoms with Crippen molar-refractivity contribution >= 4 is 17.6 Å². The number of ether oxygens (including phenoxy) is 1. The molecule has 1 amide bonds. The van der Waals surface area contributed by atoms with E-state index in [-0.39, 0.29) is 25.0 Å². The van der Waals surface area contributed by atoms with Crippen LogP contribution in [0.5, 0.6) is 5.88 Å². The summed E-state index contributed by atoms with van der Waals surface area (Å²) in [5.74, 6) is -0.0733. The highest BCUT2D eigenvalue weighted by Crippen LogP contribution is 2.34. The third-order valence-electron chi connectivity index (χ3n) is 4.63. The fourth-order valence-corrected chi connectivity index (χ4v) is 3.25. The predicted molar refractivity (Wildman–Crippen MR) is 111 cm³/mol. The van der Waals surface area contributed by atoms with Gasteiger partial charge in [-0.3, -0.25) is 9.79 Å². The van der Waals surface area contributed by atoms with Crippen molar-refractivity contribution in [2.24, 2.45) is 4.99 Å². The van der Waals surface area contributed by atoms with Gasteiger partial charge >= 0.3 is 6.18 Å². The Kier molecular flexibility index (Phi) is 7.32. The monoisotopic (exact) mass is 435 g/mol. The largest absolute Gasteiger partial charge is 0.475 e. The molecule has 0 fully saturated rings. The fourth-order valence-electron chi connectivity index (χ4n) is 3.25. The molecule has 31 heavy (non-hydrogen) atoms. The first-order chi connectivity index (χ1) is 14.9. The molecule has 3 rings (SSSR count). The van der Waals surface area contributed by atoms with Crippen molar-refractivity contribution in [2.45, 2.75) is 25.4 Å². The predicted octanol–water partition coefficient (Wildman–Crippen LogP) is 3.16. The summed E-state index contributed by atoms with van der Waals surface area (Å²) in [4.78, 5) is 20.2. The van der Waals surface area contributed by atoms with E-state index in [4.69, 9.17) is 4.74 Å². The Bertz CT molecular complexity index is 933. The van der Waals surface area contributed by atoms with Crippen LogP contribution < -0.4 is 20.7 Å².